The van der Waals surface area contributed by atoms with Crippen LogP contribution in [0.25, 0.3) is 0 Å². The van der Waals surface area contributed by atoms with Gasteiger partial charge in [-0.3, -0.25) is 4.79 Å². The maximum Gasteiger partial charge on any atom is 0.243 e. The van der Waals surface area contributed by atoms with E-state index in [1.54, 1.807) is 31.2 Å². The predicted molar refractivity (Wildman–Crippen MR) is 94.0 cm³/mol. The molecule has 0 radical (unpaired) electrons. The summed E-state index contributed by atoms with van der Waals surface area (Å²) in [5.41, 5.74) is 0. The molecule has 2 heterocycles. The Kier molecular flexibility index (Phi) is 5.70. The van der Waals surface area contributed by atoms with E-state index in [9.17, 15) is 13.2 Å². The van der Waals surface area contributed by atoms with Crippen molar-refractivity contribution in [2.75, 3.05) is 25.0 Å². The van der Waals surface area contributed by atoms with Crippen LogP contribution in [-0.4, -0.2) is 49.6 Å². The Morgan fingerprint density at radius 1 is 1.35 bits per heavy atom. The minimum atomic E-state index is -3.82. The van der Waals surface area contributed by atoms with Crippen LogP contribution in [0.1, 0.15) is 18.6 Å². The zero-order valence-corrected chi connectivity index (χ0v) is 15.2. The number of anilines is 1. The molecular weight excluding hydrogens is 358 g/mol. The summed E-state index contributed by atoms with van der Waals surface area (Å²) in [5.74, 6) is 0.311. The second kappa shape index (κ2) is 7.98. The number of hydrogen-bond acceptors (Lipinski definition) is 6. The van der Waals surface area contributed by atoms with Crippen molar-refractivity contribution in [1.29, 1.82) is 0 Å². The number of hydrogen-bond donors (Lipinski definition) is 1. The largest absolute Gasteiger partial charge is 0.377 e. The second-order valence-electron chi connectivity index (χ2n) is 6.12. The van der Waals surface area contributed by atoms with Crippen LogP contribution >= 0.6 is 0 Å². The number of amides is 1. The van der Waals surface area contributed by atoms with Gasteiger partial charge in [-0.15, -0.1) is 0 Å². The molecule has 1 aliphatic heterocycles. The fourth-order valence-corrected chi connectivity index (χ4v) is 4.22. The topological polar surface area (TPSA) is 102 Å². The quantitative estimate of drug-likeness (QED) is 0.787. The summed E-state index contributed by atoms with van der Waals surface area (Å²) in [4.78, 5) is 12.5. The summed E-state index contributed by atoms with van der Waals surface area (Å²) in [6.07, 6.45) is 1.44. The molecular formula is C17H21N3O5S. The SMILES string of the molecule is Cc1cc(NC(=O)CN(CC2CCCO2)S(=O)(=O)c2ccccc2)no1. The van der Waals surface area contributed by atoms with Gasteiger partial charge in [-0.05, 0) is 31.9 Å². The molecule has 1 atom stereocenters. The highest BCUT2D eigenvalue weighted by molar-refractivity contribution is 7.89. The van der Waals surface area contributed by atoms with Crippen LogP contribution in [0, 0.1) is 6.92 Å². The summed E-state index contributed by atoms with van der Waals surface area (Å²) < 4.78 is 37.5. The fraction of sp³-hybridized carbons (Fsp3) is 0.412. The first-order valence-corrected chi connectivity index (χ1v) is 9.79. The van der Waals surface area contributed by atoms with Gasteiger partial charge in [0, 0.05) is 19.2 Å². The average Bonchev–Trinajstić information content (AvgIpc) is 3.27. The lowest BCUT2D eigenvalue weighted by atomic mass is 10.2. The van der Waals surface area contributed by atoms with E-state index in [4.69, 9.17) is 9.26 Å². The molecule has 1 aromatic carbocycles. The van der Waals surface area contributed by atoms with Gasteiger partial charge >= 0.3 is 0 Å². The first-order chi connectivity index (χ1) is 12.4. The standard InChI is InChI=1S/C17H21N3O5S/c1-13-10-16(19-25-13)18-17(21)12-20(11-14-6-5-9-24-14)26(22,23)15-7-3-2-4-8-15/h2-4,7-8,10,14H,5-6,9,11-12H2,1H3,(H,18,19,21). The van der Waals surface area contributed by atoms with Crippen molar-refractivity contribution < 1.29 is 22.5 Å². The molecule has 1 amide bonds. The summed E-state index contributed by atoms with van der Waals surface area (Å²) in [7, 11) is -3.82. The van der Waals surface area contributed by atoms with Crippen LogP contribution in [0.15, 0.2) is 45.8 Å². The molecule has 8 nitrogen and oxygen atoms in total. The third-order valence-electron chi connectivity index (χ3n) is 4.03. The predicted octanol–water partition coefficient (Wildman–Crippen LogP) is 1.79. The maximum atomic E-state index is 13.0. The lowest BCUT2D eigenvalue weighted by Gasteiger charge is -2.24. The molecule has 0 spiro atoms. The molecule has 140 valence electrons. The molecule has 2 aromatic rings. The highest BCUT2D eigenvalue weighted by Crippen LogP contribution is 2.20. The minimum absolute atomic E-state index is 0.127. The van der Waals surface area contributed by atoms with Gasteiger partial charge in [0.25, 0.3) is 0 Å². The molecule has 0 aliphatic carbocycles. The molecule has 1 aliphatic rings. The lowest BCUT2D eigenvalue weighted by Crippen LogP contribution is -2.42. The van der Waals surface area contributed by atoms with Crippen molar-refractivity contribution in [3.8, 4) is 0 Å². The Morgan fingerprint density at radius 2 is 2.12 bits per heavy atom. The van der Waals surface area contributed by atoms with Gasteiger partial charge in [-0.25, -0.2) is 8.42 Å². The van der Waals surface area contributed by atoms with Crippen LogP contribution in [0.4, 0.5) is 5.82 Å². The summed E-state index contributed by atoms with van der Waals surface area (Å²) in [5, 5.41) is 6.24. The first kappa shape index (κ1) is 18.6. The van der Waals surface area contributed by atoms with Crippen molar-refractivity contribution in [3.05, 3.63) is 42.2 Å². The number of sulfonamides is 1. The van der Waals surface area contributed by atoms with Gasteiger partial charge in [0.05, 0.1) is 17.5 Å². The second-order valence-corrected chi connectivity index (χ2v) is 8.05. The zero-order chi connectivity index (χ0) is 18.6. The van der Waals surface area contributed by atoms with Gasteiger partial charge in [0.2, 0.25) is 15.9 Å². The Balaban J connectivity index is 1.77. The van der Waals surface area contributed by atoms with Gasteiger partial charge in [-0.2, -0.15) is 4.31 Å². The number of benzene rings is 1. The number of ether oxygens (including phenoxy) is 1. The van der Waals surface area contributed by atoms with E-state index in [0.29, 0.717) is 12.4 Å². The van der Waals surface area contributed by atoms with E-state index in [2.05, 4.69) is 10.5 Å². The summed E-state index contributed by atoms with van der Waals surface area (Å²) >= 11 is 0. The number of aryl methyl sites for hydroxylation is 1. The molecule has 1 fully saturated rings. The van der Waals surface area contributed by atoms with Gasteiger partial charge < -0.3 is 14.6 Å². The Morgan fingerprint density at radius 3 is 2.73 bits per heavy atom. The monoisotopic (exact) mass is 379 g/mol. The zero-order valence-electron chi connectivity index (χ0n) is 14.4. The van der Waals surface area contributed by atoms with E-state index < -0.39 is 15.9 Å². The molecule has 1 unspecified atom stereocenters. The van der Waals surface area contributed by atoms with Crippen molar-refractivity contribution >= 4 is 21.7 Å². The minimum Gasteiger partial charge on any atom is -0.377 e. The summed E-state index contributed by atoms with van der Waals surface area (Å²) in [6, 6.07) is 9.62. The van der Waals surface area contributed by atoms with Crippen molar-refractivity contribution in [3.63, 3.8) is 0 Å². The highest BCUT2D eigenvalue weighted by Gasteiger charge is 2.30. The first-order valence-electron chi connectivity index (χ1n) is 8.35. The highest BCUT2D eigenvalue weighted by atomic mass is 32.2. The van der Waals surface area contributed by atoms with E-state index in [-0.39, 0.29) is 29.9 Å². The van der Waals surface area contributed by atoms with Crippen LogP contribution in [0.2, 0.25) is 0 Å². The number of aromatic nitrogens is 1. The average molecular weight is 379 g/mol. The lowest BCUT2D eigenvalue weighted by molar-refractivity contribution is -0.116. The number of nitrogens with zero attached hydrogens (tertiary/aromatic N) is 2. The Bertz CT molecular complexity index is 844. The number of carbonyl (C=O) groups excluding carboxylic acids is 1. The molecule has 0 bridgehead atoms. The normalized spacial score (nSPS) is 17.5. The maximum absolute atomic E-state index is 13.0. The van der Waals surface area contributed by atoms with E-state index in [1.807, 2.05) is 0 Å². The van der Waals surface area contributed by atoms with Gasteiger partial charge in [0.15, 0.2) is 5.82 Å². The van der Waals surface area contributed by atoms with Crippen molar-refractivity contribution in [1.82, 2.24) is 9.46 Å². The molecule has 1 saturated heterocycles. The number of rotatable bonds is 7. The molecule has 9 heteroatoms. The van der Waals surface area contributed by atoms with Gasteiger partial charge in [0.1, 0.15) is 5.76 Å². The molecule has 0 saturated carbocycles. The smallest absolute Gasteiger partial charge is 0.243 e. The molecule has 26 heavy (non-hydrogen) atoms. The molecule has 3 rings (SSSR count). The van der Waals surface area contributed by atoms with Crippen LogP contribution in [0.5, 0.6) is 0 Å². The van der Waals surface area contributed by atoms with E-state index >= 15 is 0 Å². The van der Waals surface area contributed by atoms with Crippen LogP contribution in [0.3, 0.4) is 0 Å². The Labute approximate surface area is 152 Å². The third-order valence-corrected chi connectivity index (χ3v) is 5.85. The number of carbonyl (C=O) groups is 1. The van der Waals surface area contributed by atoms with Crippen molar-refractivity contribution in [2.45, 2.75) is 30.8 Å². The molecule has 1 N–H and O–H groups in total. The third kappa shape index (κ3) is 4.48. The fourth-order valence-electron chi connectivity index (χ4n) is 2.77. The van der Waals surface area contributed by atoms with Crippen LogP contribution in [-0.2, 0) is 19.6 Å². The van der Waals surface area contributed by atoms with Crippen molar-refractivity contribution in [2.24, 2.45) is 0 Å². The summed E-state index contributed by atoms with van der Waals surface area (Å²) in [6.45, 7) is 2.10. The van der Waals surface area contributed by atoms with Crippen LogP contribution < -0.4 is 5.32 Å². The van der Waals surface area contributed by atoms with E-state index in [1.165, 1.54) is 12.1 Å². The number of nitrogens with one attached hydrogen (secondary N) is 1. The van der Waals surface area contributed by atoms with Gasteiger partial charge in [-0.1, -0.05) is 23.4 Å². The molecule has 1 aromatic heterocycles. The Hall–Kier alpha value is -2.23. The van der Waals surface area contributed by atoms with E-state index in [0.717, 1.165) is 17.1 Å².